The number of amides is 2. The fourth-order valence-electron chi connectivity index (χ4n) is 5.74. The summed E-state index contributed by atoms with van der Waals surface area (Å²) in [5.41, 5.74) is 6.71. The predicted octanol–water partition coefficient (Wildman–Crippen LogP) is 4.24. The number of benzene rings is 3. The number of piperidine rings is 1. The average Bonchev–Trinajstić information content (AvgIpc) is 3.02. The van der Waals surface area contributed by atoms with E-state index >= 15 is 0 Å². The molecule has 4 rings (SSSR count). The Morgan fingerprint density at radius 2 is 1.98 bits per heavy atom. The zero-order chi connectivity index (χ0) is 30.3. The first-order chi connectivity index (χ1) is 20.2. The van der Waals surface area contributed by atoms with Gasteiger partial charge in [-0.05, 0) is 72.7 Å². The summed E-state index contributed by atoms with van der Waals surface area (Å²) >= 11 is 6.78. The normalized spacial score (nSPS) is 16.5. The van der Waals surface area contributed by atoms with Gasteiger partial charge in [0.05, 0.1) is 18.3 Å². The molecule has 1 aliphatic heterocycles. The van der Waals surface area contributed by atoms with E-state index in [1.807, 2.05) is 30.3 Å². The molecule has 5 N–H and O–H groups in total. The van der Waals surface area contributed by atoms with Crippen LogP contribution in [0.4, 0.5) is 4.39 Å². The van der Waals surface area contributed by atoms with Crippen molar-refractivity contribution < 1.29 is 28.9 Å². The number of rotatable bonds is 11. The summed E-state index contributed by atoms with van der Waals surface area (Å²) in [4.78, 5) is 26.7. The van der Waals surface area contributed by atoms with Crippen LogP contribution in [-0.2, 0) is 16.9 Å². The number of methoxy groups -OCH3 is 1. The van der Waals surface area contributed by atoms with Crippen LogP contribution in [0.5, 0.6) is 5.75 Å². The number of aliphatic hydroxyl groups excluding tert-OH is 1. The molecule has 0 radical (unpaired) electrons. The minimum Gasteiger partial charge on any atom is -0.497 e. The van der Waals surface area contributed by atoms with Crippen LogP contribution >= 0.6 is 11.6 Å². The van der Waals surface area contributed by atoms with Crippen molar-refractivity contribution in [3.05, 3.63) is 88.2 Å². The lowest BCUT2D eigenvalue weighted by Crippen LogP contribution is -2.48. The minimum atomic E-state index is -1.46. The number of ether oxygens (including phenoxy) is 1. The summed E-state index contributed by atoms with van der Waals surface area (Å²) in [6, 6.07) is 17.1. The van der Waals surface area contributed by atoms with Gasteiger partial charge in [0.15, 0.2) is 0 Å². The zero-order valence-corrected chi connectivity index (χ0v) is 24.4. The lowest BCUT2D eigenvalue weighted by atomic mass is 9.72. The SMILES string of the molecule is COc1cccc(-c2c(Cl)cccc2[C@](O)(CCCNC(=O)CO)[C@@H]2CCCN(C(=O)c3ccc(CN)cc3F)C2)c1. The van der Waals surface area contributed by atoms with E-state index in [2.05, 4.69) is 5.32 Å². The third-order valence-corrected chi connectivity index (χ3v) is 8.24. The Labute approximate surface area is 250 Å². The maximum Gasteiger partial charge on any atom is 0.256 e. The number of hydrogen-bond acceptors (Lipinski definition) is 6. The van der Waals surface area contributed by atoms with Gasteiger partial charge in [0.2, 0.25) is 5.91 Å². The summed E-state index contributed by atoms with van der Waals surface area (Å²) in [5, 5.41) is 24.8. The maximum atomic E-state index is 14.9. The molecular weight excluding hydrogens is 561 g/mol. The van der Waals surface area contributed by atoms with E-state index in [0.29, 0.717) is 53.3 Å². The molecule has 2 amide bonds. The molecule has 3 aromatic rings. The molecule has 224 valence electrons. The molecule has 1 saturated heterocycles. The van der Waals surface area contributed by atoms with Crippen molar-refractivity contribution in [3.8, 4) is 16.9 Å². The first kappa shape index (κ1) is 31.4. The second-order valence-electron chi connectivity index (χ2n) is 10.5. The Morgan fingerprint density at radius 1 is 1.19 bits per heavy atom. The van der Waals surface area contributed by atoms with Crippen LogP contribution in [0.2, 0.25) is 5.02 Å². The van der Waals surface area contributed by atoms with Crippen LogP contribution < -0.4 is 15.8 Å². The standard InChI is InChI=1S/C32H37ClFN3O5/c1-42-24-8-2-6-22(17-24)30-26(9-3-10-27(30)33)32(41,13-5-14-36-29(39)20-38)23-7-4-15-37(19-23)31(40)25-12-11-21(18-35)16-28(25)34/h2-3,6,8-12,16-17,23,38,41H,4-5,7,13-15,18-20,35H2,1H3,(H,36,39)/t23-,32+/m1/s1. The molecule has 2 atom stereocenters. The second-order valence-corrected chi connectivity index (χ2v) is 10.9. The van der Waals surface area contributed by atoms with E-state index in [0.717, 1.165) is 5.56 Å². The van der Waals surface area contributed by atoms with E-state index in [-0.39, 0.29) is 31.6 Å². The molecule has 0 bridgehead atoms. The number of nitrogens with one attached hydrogen (secondary N) is 1. The highest BCUT2D eigenvalue weighted by Gasteiger charge is 2.43. The van der Waals surface area contributed by atoms with Crippen LogP contribution in [-0.4, -0.2) is 60.3 Å². The van der Waals surface area contributed by atoms with Gasteiger partial charge in [-0.2, -0.15) is 0 Å². The van der Waals surface area contributed by atoms with Crippen molar-refractivity contribution in [1.29, 1.82) is 0 Å². The van der Waals surface area contributed by atoms with Crippen molar-refractivity contribution >= 4 is 23.4 Å². The first-order valence-corrected chi connectivity index (χ1v) is 14.4. The van der Waals surface area contributed by atoms with Gasteiger partial charge < -0.3 is 30.9 Å². The zero-order valence-electron chi connectivity index (χ0n) is 23.6. The Balaban J connectivity index is 1.72. The summed E-state index contributed by atoms with van der Waals surface area (Å²) in [7, 11) is 1.57. The van der Waals surface area contributed by atoms with E-state index in [4.69, 9.17) is 27.2 Å². The molecule has 1 aliphatic rings. The first-order valence-electron chi connectivity index (χ1n) is 14.0. The highest BCUT2D eigenvalue weighted by molar-refractivity contribution is 6.33. The maximum absolute atomic E-state index is 14.9. The van der Waals surface area contributed by atoms with Crippen molar-refractivity contribution in [2.24, 2.45) is 11.7 Å². The molecule has 3 aromatic carbocycles. The van der Waals surface area contributed by atoms with Gasteiger partial charge in [-0.3, -0.25) is 9.59 Å². The van der Waals surface area contributed by atoms with Crippen molar-refractivity contribution in [3.63, 3.8) is 0 Å². The van der Waals surface area contributed by atoms with Gasteiger partial charge >= 0.3 is 0 Å². The lowest BCUT2D eigenvalue weighted by molar-refractivity contribution is -0.123. The molecule has 1 fully saturated rings. The molecular formula is C32H37ClFN3O5. The predicted molar refractivity (Wildman–Crippen MR) is 160 cm³/mol. The van der Waals surface area contributed by atoms with E-state index in [1.165, 1.54) is 12.1 Å². The molecule has 0 saturated carbocycles. The number of aliphatic hydroxyl groups is 2. The lowest BCUT2D eigenvalue weighted by Gasteiger charge is -2.44. The number of halogens is 2. The van der Waals surface area contributed by atoms with Gasteiger partial charge in [-0.25, -0.2) is 4.39 Å². The molecule has 42 heavy (non-hydrogen) atoms. The molecule has 0 aromatic heterocycles. The summed E-state index contributed by atoms with van der Waals surface area (Å²) in [5.74, 6) is -1.37. The van der Waals surface area contributed by atoms with Crippen LogP contribution in [0.1, 0.15) is 47.2 Å². The third kappa shape index (κ3) is 6.93. The molecule has 0 aliphatic carbocycles. The Bertz CT molecular complexity index is 1420. The van der Waals surface area contributed by atoms with Crippen LogP contribution in [0.15, 0.2) is 60.7 Å². The highest BCUT2D eigenvalue weighted by atomic mass is 35.5. The Hall–Kier alpha value is -3.50. The fourth-order valence-corrected chi connectivity index (χ4v) is 6.02. The van der Waals surface area contributed by atoms with Crippen LogP contribution in [0.25, 0.3) is 11.1 Å². The Morgan fingerprint density at radius 3 is 2.69 bits per heavy atom. The van der Waals surface area contributed by atoms with Crippen molar-refractivity contribution in [2.75, 3.05) is 33.4 Å². The summed E-state index contributed by atoms with van der Waals surface area (Å²) in [6.07, 6.45) is 1.85. The van der Waals surface area contributed by atoms with Crippen molar-refractivity contribution in [2.45, 2.75) is 37.8 Å². The third-order valence-electron chi connectivity index (χ3n) is 7.92. The van der Waals surface area contributed by atoms with Crippen LogP contribution in [0, 0.1) is 11.7 Å². The van der Waals surface area contributed by atoms with E-state index < -0.39 is 35.8 Å². The quantitative estimate of drug-likeness (QED) is 0.245. The number of carbonyl (C=O) groups is 2. The number of hydrogen-bond donors (Lipinski definition) is 4. The summed E-state index contributed by atoms with van der Waals surface area (Å²) < 4.78 is 20.3. The number of likely N-dealkylation sites (tertiary alicyclic amines) is 1. The highest BCUT2D eigenvalue weighted by Crippen LogP contribution is 2.46. The summed E-state index contributed by atoms with van der Waals surface area (Å²) in [6.45, 7) is 0.402. The molecule has 10 heteroatoms. The monoisotopic (exact) mass is 597 g/mol. The largest absolute Gasteiger partial charge is 0.497 e. The molecule has 0 unspecified atom stereocenters. The van der Waals surface area contributed by atoms with Gasteiger partial charge in [0, 0.05) is 42.7 Å². The van der Waals surface area contributed by atoms with Crippen LogP contribution in [0.3, 0.4) is 0 Å². The fraction of sp³-hybridized carbons (Fsp3) is 0.375. The molecule has 8 nitrogen and oxygen atoms in total. The van der Waals surface area contributed by atoms with Crippen molar-refractivity contribution in [1.82, 2.24) is 10.2 Å². The molecule has 0 spiro atoms. The van der Waals surface area contributed by atoms with E-state index in [1.54, 1.807) is 30.2 Å². The van der Waals surface area contributed by atoms with Gasteiger partial charge in [0.25, 0.3) is 5.91 Å². The number of carbonyl (C=O) groups excluding carboxylic acids is 2. The average molecular weight is 598 g/mol. The second kappa shape index (κ2) is 14.1. The van der Waals surface area contributed by atoms with Gasteiger partial charge in [-0.15, -0.1) is 0 Å². The van der Waals surface area contributed by atoms with Gasteiger partial charge in [-0.1, -0.05) is 41.9 Å². The smallest absolute Gasteiger partial charge is 0.256 e. The van der Waals surface area contributed by atoms with E-state index in [9.17, 15) is 19.1 Å². The number of nitrogens with two attached hydrogens (primary N) is 1. The van der Waals surface area contributed by atoms with Gasteiger partial charge in [0.1, 0.15) is 18.2 Å². The Kier molecular flexibility index (Phi) is 10.6. The number of nitrogens with zero attached hydrogens (tertiary/aromatic N) is 1. The molecule has 1 heterocycles. The minimum absolute atomic E-state index is 0.0390. The topological polar surface area (TPSA) is 125 Å².